The highest BCUT2D eigenvalue weighted by Crippen LogP contribution is 2.45. The number of aliphatic hydroxyl groups excluding tert-OH is 1. The smallest absolute Gasteiger partial charge is 0.462 e. The number of phosphoric ester groups is 2. The molecule has 0 saturated carbocycles. The molecule has 0 radical (unpaired) electrons. The van der Waals surface area contributed by atoms with Gasteiger partial charge in [-0.15, -0.1) is 0 Å². The van der Waals surface area contributed by atoms with E-state index < -0.39 is 97.5 Å². The van der Waals surface area contributed by atoms with Crippen molar-refractivity contribution in [3.63, 3.8) is 0 Å². The lowest BCUT2D eigenvalue weighted by Crippen LogP contribution is -2.30. The molecule has 103 heavy (non-hydrogen) atoms. The molecule has 0 fully saturated rings. The monoisotopic (exact) mass is 1510 g/mol. The highest BCUT2D eigenvalue weighted by Gasteiger charge is 2.30. The molecule has 0 aliphatic heterocycles. The zero-order valence-corrected chi connectivity index (χ0v) is 69.3. The second-order valence-electron chi connectivity index (χ2n) is 30.7. The maximum absolute atomic E-state index is 13.1. The molecule has 0 aliphatic carbocycles. The molecule has 0 saturated heterocycles. The van der Waals surface area contributed by atoms with Gasteiger partial charge in [-0.05, 0) is 31.6 Å². The zero-order valence-electron chi connectivity index (χ0n) is 67.5. The van der Waals surface area contributed by atoms with Crippen molar-refractivity contribution < 1.29 is 80.2 Å². The predicted octanol–water partition coefficient (Wildman–Crippen LogP) is 25.6. The number of aliphatic hydroxyl groups is 1. The van der Waals surface area contributed by atoms with Crippen LogP contribution in [0.4, 0.5) is 0 Å². The van der Waals surface area contributed by atoms with Crippen LogP contribution in [-0.4, -0.2) is 96.7 Å². The van der Waals surface area contributed by atoms with E-state index in [4.69, 9.17) is 37.0 Å². The molecular weight excluding hydrogens is 1340 g/mol. The van der Waals surface area contributed by atoms with Crippen molar-refractivity contribution in [1.29, 1.82) is 0 Å². The van der Waals surface area contributed by atoms with Gasteiger partial charge in [-0.2, -0.15) is 0 Å². The first kappa shape index (κ1) is 101. The summed E-state index contributed by atoms with van der Waals surface area (Å²) < 4.78 is 68.9. The van der Waals surface area contributed by atoms with Gasteiger partial charge in [0.25, 0.3) is 0 Å². The Hall–Kier alpha value is -1.94. The summed E-state index contributed by atoms with van der Waals surface area (Å²) in [4.78, 5) is 73.2. The standard InChI is InChI=1S/C84H164O17P2/c1-6-9-12-15-18-21-24-26-28-30-35-38-43-48-53-58-63-68-82(87)95-74-80(101-84(89)70-65-60-55-50-45-40-36-32-31-33-37-42-46-51-56-61-66-77(4)5)76-99-103(92,93)97-72-78(85)71-96-102(90,91)98-75-79(73-94-81(86)67-62-57-52-47-41-23-20-17-14-11-8-3)100-83(88)69-64-59-54-49-44-39-34-29-27-25-22-19-16-13-10-7-2/h77-80,85H,6-76H2,1-5H3,(H,90,91)(H,92,93)/t78-,79+,80+/m0/s1. The molecule has 0 aromatic carbocycles. The van der Waals surface area contributed by atoms with Crippen molar-refractivity contribution in [2.24, 2.45) is 5.92 Å². The zero-order chi connectivity index (χ0) is 75.5. The number of hydrogen-bond donors (Lipinski definition) is 3. The molecule has 3 N–H and O–H groups in total. The minimum atomic E-state index is -4.96. The summed E-state index contributed by atoms with van der Waals surface area (Å²) in [6.45, 7) is 7.39. The fourth-order valence-corrected chi connectivity index (χ4v) is 14.7. The molecule has 0 rings (SSSR count). The van der Waals surface area contributed by atoms with Gasteiger partial charge in [0.05, 0.1) is 26.4 Å². The van der Waals surface area contributed by atoms with Gasteiger partial charge in [-0.1, -0.05) is 401 Å². The Morgan fingerprint density at radius 2 is 0.447 bits per heavy atom. The van der Waals surface area contributed by atoms with Crippen molar-refractivity contribution >= 4 is 39.5 Å². The number of ether oxygens (including phenoxy) is 4. The molecule has 612 valence electrons. The van der Waals surface area contributed by atoms with Gasteiger partial charge in [0.15, 0.2) is 12.2 Å². The summed E-state index contributed by atoms with van der Waals surface area (Å²) in [6, 6.07) is 0. The van der Waals surface area contributed by atoms with Gasteiger partial charge in [0.1, 0.15) is 19.3 Å². The Labute approximate surface area is 632 Å². The lowest BCUT2D eigenvalue weighted by Gasteiger charge is -2.21. The van der Waals surface area contributed by atoms with Gasteiger partial charge in [-0.25, -0.2) is 9.13 Å². The molecule has 0 amide bonds. The molecule has 0 heterocycles. The topological polar surface area (TPSA) is 237 Å². The molecule has 5 atom stereocenters. The Kier molecular flexibility index (Phi) is 75.4. The van der Waals surface area contributed by atoms with Gasteiger partial charge in [0, 0.05) is 25.7 Å². The first-order valence-electron chi connectivity index (χ1n) is 43.6. The van der Waals surface area contributed by atoms with Crippen LogP contribution in [0.25, 0.3) is 0 Å². The number of carbonyl (C=O) groups excluding carboxylic acids is 4. The van der Waals surface area contributed by atoms with Crippen LogP contribution < -0.4 is 0 Å². The first-order chi connectivity index (χ1) is 50.0. The van der Waals surface area contributed by atoms with Crippen LogP contribution in [0.1, 0.15) is 452 Å². The van der Waals surface area contributed by atoms with Crippen LogP contribution in [-0.2, 0) is 65.4 Å². The lowest BCUT2D eigenvalue weighted by atomic mass is 10.0. The van der Waals surface area contributed by atoms with E-state index >= 15 is 0 Å². The molecule has 2 unspecified atom stereocenters. The van der Waals surface area contributed by atoms with Gasteiger partial charge >= 0.3 is 39.5 Å². The molecule has 0 spiro atoms. The van der Waals surface area contributed by atoms with Gasteiger partial charge < -0.3 is 33.8 Å². The normalized spacial score (nSPS) is 13.8. The Morgan fingerprint density at radius 1 is 0.262 bits per heavy atom. The summed E-state index contributed by atoms with van der Waals surface area (Å²) in [7, 11) is -9.92. The van der Waals surface area contributed by atoms with Crippen LogP contribution in [0, 0.1) is 5.92 Å². The van der Waals surface area contributed by atoms with Crippen molar-refractivity contribution in [3.05, 3.63) is 0 Å². The van der Waals surface area contributed by atoms with E-state index in [0.29, 0.717) is 25.7 Å². The molecule has 0 bridgehead atoms. The van der Waals surface area contributed by atoms with E-state index in [9.17, 15) is 43.2 Å². The summed E-state index contributed by atoms with van der Waals surface area (Å²) in [6.07, 6.45) is 69.3. The highest BCUT2D eigenvalue weighted by molar-refractivity contribution is 7.47. The fourth-order valence-electron chi connectivity index (χ4n) is 13.1. The Bertz CT molecular complexity index is 1960. The molecule has 0 aromatic heterocycles. The number of rotatable bonds is 84. The van der Waals surface area contributed by atoms with E-state index in [2.05, 4.69) is 34.6 Å². The van der Waals surface area contributed by atoms with Gasteiger partial charge in [-0.3, -0.25) is 37.3 Å². The minimum absolute atomic E-state index is 0.109. The fraction of sp³-hybridized carbons (Fsp3) is 0.952. The van der Waals surface area contributed by atoms with Crippen LogP contribution in [0.2, 0.25) is 0 Å². The van der Waals surface area contributed by atoms with Crippen LogP contribution in [0.5, 0.6) is 0 Å². The van der Waals surface area contributed by atoms with Crippen LogP contribution >= 0.6 is 15.6 Å². The van der Waals surface area contributed by atoms with Crippen molar-refractivity contribution in [3.8, 4) is 0 Å². The average Bonchev–Trinajstić information content (AvgIpc) is 0.944. The van der Waals surface area contributed by atoms with Crippen LogP contribution in [0.15, 0.2) is 0 Å². The second-order valence-corrected chi connectivity index (χ2v) is 33.6. The number of carbonyl (C=O) groups is 4. The van der Waals surface area contributed by atoms with Crippen LogP contribution in [0.3, 0.4) is 0 Å². The third-order valence-corrected chi connectivity index (χ3v) is 21.7. The van der Waals surface area contributed by atoms with E-state index in [-0.39, 0.29) is 25.7 Å². The van der Waals surface area contributed by atoms with Crippen molar-refractivity contribution in [2.75, 3.05) is 39.6 Å². The highest BCUT2D eigenvalue weighted by atomic mass is 31.2. The first-order valence-corrected chi connectivity index (χ1v) is 46.6. The molecule has 17 nitrogen and oxygen atoms in total. The van der Waals surface area contributed by atoms with Crippen molar-refractivity contribution in [1.82, 2.24) is 0 Å². The minimum Gasteiger partial charge on any atom is -0.462 e. The van der Waals surface area contributed by atoms with Gasteiger partial charge in [0.2, 0.25) is 0 Å². The maximum Gasteiger partial charge on any atom is 0.472 e. The van der Waals surface area contributed by atoms with E-state index in [1.54, 1.807) is 0 Å². The lowest BCUT2D eigenvalue weighted by molar-refractivity contribution is -0.161. The number of hydrogen-bond acceptors (Lipinski definition) is 15. The number of phosphoric acid groups is 2. The van der Waals surface area contributed by atoms with E-state index in [0.717, 1.165) is 95.8 Å². The third-order valence-electron chi connectivity index (χ3n) is 19.8. The van der Waals surface area contributed by atoms with Crippen molar-refractivity contribution in [2.45, 2.75) is 470 Å². The molecule has 0 aliphatic rings. The molecule has 19 heteroatoms. The second kappa shape index (κ2) is 76.8. The maximum atomic E-state index is 13.1. The Morgan fingerprint density at radius 3 is 0.660 bits per heavy atom. The van der Waals surface area contributed by atoms with E-state index in [1.807, 2.05) is 0 Å². The summed E-state index contributed by atoms with van der Waals surface area (Å²) >= 11 is 0. The third kappa shape index (κ3) is 78.0. The largest absolute Gasteiger partial charge is 0.472 e. The summed E-state index contributed by atoms with van der Waals surface area (Å²) in [5.74, 6) is -1.29. The number of esters is 4. The molecular formula is C84H164O17P2. The predicted molar refractivity (Wildman–Crippen MR) is 423 cm³/mol. The van der Waals surface area contributed by atoms with E-state index in [1.165, 1.54) is 276 Å². The SMILES string of the molecule is CCCCCCCCCCCCCCCCCCCC(=O)OC[C@H](COP(=O)(O)OC[C@@H](O)COP(=O)(O)OC[C@@H](COC(=O)CCCCCCCCCCCCC)OC(=O)CCCCCCCCCCCCCCCCCC)OC(=O)CCCCCCCCCCCCCCCCCCC(C)C. The quantitative estimate of drug-likeness (QED) is 0.0222. The average molecular weight is 1510 g/mol. The number of unbranched alkanes of at least 4 members (excludes halogenated alkanes) is 56. The summed E-state index contributed by atoms with van der Waals surface area (Å²) in [5, 5.41) is 10.7. The molecule has 0 aromatic rings. The summed E-state index contributed by atoms with van der Waals surface area (Å²) in [5.41, 5.74) is 0. The Balaban J connectivity index is 5.25.